The molecule has 0 fully saturated rings. The Hall–Kier alpha value is -3.07. The van der Waals surface area contributed by atoms with Crippen molar-refractivity contribution in [3.8, 4) is 17.6 Å². The lowest BCUT2D eigenvalue weighted by Gasteiger charge is -2.16. The molecule has 5 nitrogen and oxygen atoms in total. The van der Waals surface area contributed by atoms with Crippen LogP contribution in [0.3, 0.4) is 0 Å². The summed E-state index contributed by atoms with van der Waals surface area (Å²) < 4.78 is 11.7. The second-order valence-electron chi connectivity index (χ2n) is 6.82. The molecule has 1 aliphatic carbocycles. The second-order valence-corrected chi connectivity index (χ2v) is 7.64. The molecule has 0 bridgehead atoms. The molecule has 0 unspecified atom stereocenters. The number of benzene rings is 1. The Morgan fingerprint density at radius 3 is 2.37 bits per heavy atom. The number of ether oxygens (including phenoxy) is 2. The van der Waals surface area contributed by atoms with Gasteiger partial charge in [-0.1, -0.05) is 47.5 Å². The summed E-state index contributed by atoms with van der Waals surface area (Å²) >= 11 is 12.4. The molecular weight excluding hydrogens is 421 g/mol. The summed E-state index contributed by atoms with van der Waals surface area (Å²) in [5.74, 6) is 1.04. The van der Waals surface area contributed by atoms with Crippen molar-refractivity contribution < 1.29 is 9.47 Å². The Morgan fingerprint density at radius 2 is 1.77 bits per heavy atom. The molecule has 0 N–H and O–H groups in total. The highest BCUT2D eigenvalue weighted by molar-refractivity contribution is 6.37. The fourth-order valence-corrected chi connectivity index (χ4v) is 3.94. The topological polar surface area (TPSA) is 68.0 Å². The lowest BCUT2D eigenvalue weighted by molar-refractivity contribution is 0.204. The van der Waals surface area contributed by atoms with Gasteiger partial charge in [-0.3, -0.25) is 9.97 Å². The van der Waals surface area contributed by atoms with Gasteiger partial charge in [0.1, 0.15) is 12.2 Å². The molecule has 3 aromatic rings. The zero-order chi connectivity index (χ0) is 21.1. The van der Waals surface area contributed by atoms with Gasteiger partial charge in [-0.2, -0.15) is 5.26 Å². The van der Waals surface area contributed by atoms with Crippen LogP contribution in [0.15, 0.2) is 48.9 Å². The maximum Gasteiger partial charge on any atom is 0.179 e. The van der Waals surface area contributed by atoms with E-state index >= 15 is 0 Å². The maximum atomic E-state index is 9.71. The number of rotatable bonds is 5. The first-order chi connectivity index (χ1) is 14.6. The molecule has 0 radical (unpaired) electrons. The minimum absolute atomic E-state index is 0.00912. The predicted molar refractivity (Wildman–Crippen MR) is 117 cm³/mol. The highest BCUT2D eigenvalue weighted by Crippen LogP contribution is 2.34. The standard InChI is InChI=1S/C23H17Cl2N3O2/c1-29-23-13-28-21(16(10-26)8-18-19(24)11-27-12-20(18)25)9-22(23)30-17-6-14-4-2-3-5-15(14)7-17/h2-5,8-9,11-13,17H,6-7H2,1H3. The van der Waals surface area contributed by atoms with Crippen molar-refractivity contribution in [3.05, 3.63) is 81.4 Å². The molecule has 2 aromatic heterocycles. The number of nitriles is 1. The van der Waals surface area contributed by atoms with Gasteiger partial charge >= 0.3 is 0 Å². The first-order valence-corrected chi connectivity index (χ1v) is 10.0. The molecular formula is C23H17Cl2N3O2. The Labute approximate surface area is 184 Å². The van der Waals surface area contributed by atoms with E-state index < -0.39 is 0 Å². The normalized spacial score (nSPS) is 13.6. The highest BCUT2D eigenvalue weighted by Gasteiger charge is 2.24. The first kappa shape index (κ1) is 20.2. The average molecular weight is 438 g/mol. The largest absolute Gasteiger partial charge is 0.491 e. The summed E-state index contributed by atoms with van der Waals surface area (Å²) in [5.41, 5.74) is 3.82. The minimum atomic E-state index is -0.00912. The van der Waals surface area contributed by atoms with Gasteiger partial charge in [0.05, 0.1) is 34.6 Å². The molecule has 0 atom stereocenters. The van der Waals surface area contributed by atoms with Crippen LogP contribution in [0, 0.1) is 11.3 Å². The van der Waals surface area contributed by atoms with Crippen LogP contribution in [-0.4, -0.2) is 23.2 Å². The lowest BCUT2D eigenvalue weighted by atomic mass is 10.1. The quantitative estimate of drug-likeness (QED) is 0.499. The second kappa shape index (κ2) is 8.74. The van der Waals surface area contributed by atoms with Gasteiger partial charge in [0.15, 0.2) is 11.5 Å². The summed E-state index contributed by atoms with van der Waals surface area (Å²) in [5, 5.41) is 10.4. The van der Waals surface area contributed by atoms with Crippen molar-refractivity contribution >= 4 is 34.9 Å². The van der Waals surface area contributed by atoms with Gasteiger partial charge in [0.2, 0.25) is 0 Å². The zero-order valence-electron chi connectivity index (χ0n) is 16.1. The molecule has 2 heterocycles. The van der Waals surface area contributed by atoms with Crippen LogP contribution in [0.1, 0.15) is 22.4 Å². The van der Waals surface area contributed by atoms with Gasteiger partial charge in [0.25, 0.3) is 0 Å². The molecule has 1 aliphatic rings. The number of hydrogen-bond donors (Lipinski definition) is 0. The van der Waals surface area contributed by atoms with Gasteiger partial charge in [-0.05, 0) is 17.2 Å². The fraction of sp³-hybridized carbons (Fsp3) is 0.174. The minimum Gasteiger partial charge on any atom is -0.491 e. The van der Waals surface area contributed by atoms with Crippen LogP contribution < -0.4 is 9.47 Å². The molecule has 0 saturated carbocycles. The van der Waals surface area contributed by atoms with E-state index in [4.69, 9.17) is 32.7 Å². The van der Waals surface area contributed by atoms with E-state index in [2.05, 4.69) is 28.2 Å². The third kappa shape index (κ3) is 4.11. The summed E-state index contributed by atoms with van der Waals surface area (Å²) in [4.78, 5) is 8.29. The highest BCUT2D eigenvalue weighted by atomic mass is 35.5. The predicted octanol–water partition coefficient (Wildman–Crippen LogP) is 5.40. The number of fused-ring (bicyclic) bond motifs is 1. The summed E-state index contributed by atoms with van der Waals surface area (Å²) in [6.45, 7) is 0. The van der Waals surface area contributed by atoms with Gasteiger partial charge in [-0.25, -0.2) is 0 Å². The van der Waals surface area contributed by atoms with Crippen LogP contribution >= 0.6 is 23.2 Å². The third-order valence-corrected chi connectivity index (χ3v) is 5.54. The van der Waals surface area contributed by atoms with Gasteiger partial charge in [0, 0.05) is 36.9 Å². The Bertz CT molecular complexity index is 1130. The Balaban J connectivity index is 1.65. The van der Waals surface area contributed by atoms with E-state index in [1.165, 1.54) is 23.5 Å². The molecule has 0 saturated heterocycles. The first-order valence-electron chi connectivity index (χ1n) is 9.27. The number of hydrogen-bond acceptors (Lipinski definition) is 5. The number of pyridine rings is 2. The molecule has 7 heteroatoms. The zero-order valence-corrected chi connectivity index (χ0v) is 17.6. The summed E-state index contributed by atoms with van der Waals surface area (Å²) in [6, 6.07) is 12.2. The number of halogens is 2. The Morgan fingerprint density at radius 1 is 1.10 bits per heavy atom. The van der Waals surface area contributed by atoms with Crippen molar-refractivity contribution in [1.29, 1.82) is 5.26 Å². The maximum absolute atomic E-state index is 9.71. The summed E-state index contributed by atoms with van der Waals surface area (Å²) in [7, 11) is 1.56. The van der Waals surface area contributed by atoms with Crippen LogP contribution in [-0.2, 0) is 12.8 Å². The third-order valence-electron chi connectivity index (χ3n) is 4.93. The van der Waals surface area contributed by atoms with Crippen molar-refractivity contribution in [2.24, 2.45) is 0 Å². The SMILES string of the molecule is COc1cnc(C(C#N)=Cc2c(Cl)cncc2Cl)cc1OC1Cc2ccccc2C1. The monoisotopic (exact) mass is 437 g/mol. The number of allylic oxidation sites excluding steroid dienone is 1. The fourth-order valence-electron chi connectivity index (χ4n) is 3.47. The van der Waals surface area contributed by atoms with Gasteiger partial charge in [-0.15, -0.1) is 0 Å². The van der Waals surface area contributed by atoms with E-state index in [-0.39, 0.29) is 6.10 Å². The van der Waals surface area contributed by atoms with Crippen molar-refractivity contribution in [2.45, 2.75) is 18.9 Å². The van der Waals surface area contributed by atoms with Crippen molar-refractivity contribution in [3.63, 3.8) is 0 Å². The molecule has 4 rings (SSSR count). The van der Waals surface area contributed by atoms with E-state index in [1.807, 2.05) is 12.1 Å². The molecule has 0 spiro atoms. The smallest absolute Gasteiger partial charge is 0.179 e. The van der Waals surface area contributed by atoms with Crippen LogP contribution in [0.4, 0.5) is 0 Å². The summed E-state index contributed by atoms with van der Waals surface area (Å²) in [6.07, 6.45) is 7.72. The van der Waals surface area contributed by atoms with Crippen LogP contribution in [0.25, 0.3) is 11.6 Å². The molecule has 1 aromatic carbocycles. The molecule has 150 valence electrons. The average Bonchev–Trinajstić information content (AvgIpc) is 3.16. The molecule has 0 aliphatic heterocycles. The van der Waals surface area contributed by atoms with E-state index in [0.29, 0.717) is 38.4 Å². The molecule has 0 amide bonds. The van der Waals surface area contributed by atoms with Crippen molar-refractivity contribution in [1.82, 2.24) is 9.97 Å². The lowest BCUT2D eigenvalue weighted by Crippen LogP contribution is -2.17. The van der Waals surface area contributed by atoms with Crippen molar-refractivity contribution in [2.75, 3.05) is 7.11 Å². The van der Waals surface area contributed by atoms with Gasteiger partial charge < -0.3 is 9.47 Å². The number of nitrogens with zero attached hydrogens (tertiary/aromatic N) is 3. The van der Waals surface area contributed by atoms with Crippen LogP contribution in [0.2, 0.25) is 10.0 Å². The van der Waals surface area contributed by atoms with E-state index in [0.717, 1.165) is 12.8 Å². The number of aromatic nitrogens is 2. The molecule has 30 heavy (non-hydrogen) atoms. The van der Waals surface area contributed by atoms with E-state index in [1.54, 1.807) is 25.4 Å². The Kier molecular flexibility index (Phi) is 5.89. The van der Waals surface area contributed by atoms with Crippen LogP contribution in [0.5, 0.6) is 11.5 Å². The number of methoxy groups -OCH3 is 1. The van der Waals surface area contributed by atoms with E-state index in [9.17, 15) is 5.26 Å².